The summed E-state index contributed by atoms with van der Waals surface area (Å²) in [6.07, 6.45) is 11.3. The van der Waals surface area contributed by atoms with Crippen LogP contribution in [0.25, 0.3) is 24.3 Å². The van der Waals surface area contributed by atoms with Gasteiger partial charge in [-0.2, -0.15) is 0 Å². The zero-order chi connectivity index (χ0) is 30.3. The van der Waals surface area contributed by atoms with Crippen LogP contribution in [-0.2, 0) is 28.9 Å². The van der Waals surface area contributed by atoms with E-state index in [0.29, 0.717) is 18.8 Å². The van der Waals surface area contributed by atoms with Gasteiger partial charge in [-0.25, -0.2) is 0 Å². The van der Waals surface area contributed by atoms with Crippen LogP contribution in [0.3, 0.4) is 0 Å². The minimum atomic E-state index is -0.843. The molecule has 6 N–H and O–H groups in total. The van der Waals surface area contributed by atoms with Crippen LogP contribution in [0.1, 0.15) is 84.8 Å². The Labute approximate surface area is 245 Å². The van der Waals surface area contributed by atoms with Crippen molar-refractivity contribution >= 4 is 36.2 Å². The molecule has 8 bridgehead atoms. The number of rotatable bonds is 8. The van der Waals surface area contributed by atoms with Crippen molar-refractivity contribution in [3.8, 4) is 0 Å². The second-order valence-electron chi connectivity index (χ2n) is 11.7. The summed E-state index contributed by atoms with van der Waals surface area (Å²) in [4.78, 5) is 34.0. The number of fused-ring (bicyclic) bond motifs is 8. The highest BCUT2D eigenvalue weighted by atomic mass is 16.4. The van der Waals surface area contributed by atoms with Crippen LogP contribution in [0.4, 0.5) is 0 Å². The van der Waals surface area contributed by atoms with E-state index in [4.69, 9.17) is 0 Å². The lowest BCUT2D eigenvalue weighted by Crippen LogP contribution is -2.29. The highest BCUT2D eigenvalue weighted by molar-refractivity contribution is 5.69. The van der Waals surface area contributed by atoms with Crippen molar-refractivity contribution < 1.29 is 19.8 Å². The molecule has 0 saturated heterocycles. The number of H-pyrrole nitrogens is 3. The Bertz CT molecular complexity index is 1850. The molecule has 2 aliphatic rings. The van der Waals surface area contributed by atoms with Crippen molar-refractivity contribution in [2.75, 3.05) is 0 Å². The highest BCUT2D eigenvalue weighted by Crippen LogP contribution is 2.30. The van der Waals surface area contributed by atoms with E-state index in [-0.39, 0.29) is 18.9 Å². The molecule has 0 fully saturated rings. The van der Waals surface area contributed by atoms with E-state index in [0.717, 1.165) is 73.6 Å². The predicted octanol–water partition coefficient (Wildman–Crippen LogP) is 2.70. The van der Waals surface area contributed by atoms with Crippen molar-refractivity contribution in [3.63, 3.8) is 0 Å². The number of allylic oxidation sites excluding steroid dienone is 1. The lowest BCUT2D eigenvalue weighted by molar-refractivity contribution is -0.138. The standard InChI is InChI=1S/C34H42N4O4/c1-7-21-17(3)25-13-26-19(5)23(9-11-33(39)40)31(37-26)16-32-24(10-12-34(41)42)20(6)28(38-32)15-30-22(8-2)18(4)27(36-30)14-29(21)35-25/h13-16,18,27,35-38H,7-12H2,1-6H3,(H,39,40)(H,41,42)/b25-13-,28-15-,29-14-,32-16-/t18-,27-/m0/s1. The van der Waals surface area contributed by atoms with Crippen LogP contribution >= 0.6 is 0 Å². The summed E-state index contributed by atoms with van der Waals surface area (Å²) in [6.45, 7) is 12.9. The topological polar surface area (TPSA) is 134 Å². The Morgan fingerprint density at radius 1 is 0.714 bits per heavy atom. The molecule has 8 heteroatoms. The molecule has 0 radical (unpaired) electrons. The Morgan fingerprint density at radius 3 is 1.95 bits per heavy atom. The lowest BCUT2D eigenvalue weighted by atomic mass is 9.93. The second kappa shape index (κ2) is 11.6. The van der Waals surface area contributed by atoms with Crippen LogP contribution in [0, 0.1) is 26.7 Å². The number of aromatic nitrogens is 3. The minimum Gasteiger partial charge on any atom is -0.481 e. The van der Waals surface area contributed by atoms with Gasteiger partial charge in [-0.15, -0.1) is 0 Å². The summed E-state index contributed by atoms with van der Waals surface area (Å²) in [6, 6.07) is 0.129. The van der Waals surface area contributed by atoms with Crippen LogP contribution in [-0.4, -0.2) is 43.1 Å². The Balaban J connectivity index is 1.86. The van der Waals surface area contributed by atoms with E-state index in [9.17, 15) is 19.8 Å². The van der Waals surface area contributed by atoms with Gasteiger partial charge in [0.15, 0.2) is 0 Å². The maximum Gasteiger partial charge on any atom is 0.303 e. The maximum absolute atomic E-state index is 11.6. The number of hydrogen-bond donors (Lipinski definition) is 6. The average Bonchev–Trinajstić information content (AvgIpc) is 3.59. The van der Waals surface area contributed by atoms with E-state index in [1.54, 1.807) is 0 Å². The van der Waals surface area contributed by atoms with Crippen LogP contribution in [0.5, 0.6) is 0 Å². The summed E-state index contributed by atoms with van der Waals surface area (Å²) in [7, 11) is 0. The van der Waals surface area contributed by atoms with Crippen LogP contribution < -0.4 is 26.7 Å². The summed E-state index contributed by atoms with van der Waals surface area (Å²) >= 11 is 0. The fourth-order valence-electron chi connectivity index (χ4n) is 6.73. The van der Waals surface area contributed by atoms with Gasteiger partial charge in [0.25, 0.3) is 0 Å². The molecule has 42 heavy (non-hydrogen) atoms. The largest absolute Gasteiger partial charge is 0.481 e. The van der Waals surface area contributed by atoms with Crippen molar-refractivity contribution in [2.24, 2.45) is 5.92 Å². The van der Waals surface area contributed by atoms with E-state index < -0.39 is 11.9 Å². The van der Waals surface area contributed by atoms with Gasteiger partial charge >= 0.3 is 11.9 Å². The van der Waals surface area contributed by atoms with Gasteiger partial charge < -0.3 is 30.5 Å². The third-order valence-electron chi connectivity index (χ3n) is 9.23. The first-order valence-electron chi connectivity index (χ1n) is 15.0. The molecule has 0 spiro atoms. The number of aliphatic carboxylic acids is 2. The maximum atomic E-state index is 11.6. The van der Waals surface area contributed by atoms with Crippen LogP contribution in [0.15, 0.2) is 11.3 Å². The monoisotopic (exact) mass is 570 g/mol. The Morgan fingerprint density at radius 2 is 1.31 bits per heavy atom. The Kier molecular flexibility index (Phi) is 8.08. The lowest BCUT2D eigenvalue weighted by Gasteiger charge is -2.14. The quantitative estimate of drug-likeness (QED) is 0.248. The first-order valence-corrected chi connectivity index (χ1v) is 15.0. The fourth-order valence-corrected chi connectivity index (χ4v) is 6.73. The van der Waals surface area contributed by atoms with Gasteiger partial charge in [0, 0.05) is 57.2 Å². The van der Waals surface area contributed by atoms with Gasteiger partial charge in [-0.05, 0) is 110 Å². The third kappa shape index (κ3) is 5.38. The van der Waals surface area contributed by atoms with Crippen molar-refractivity contribution in [3.05, 3.63) is 77.4 Å². The molecular weight excluding hydrogens is 528 g/mol. The molecule has 5 heterocycles. The first kappa shape index (κ1) is 29.3. The summed E-state index contributed by atoms with van der Waals surface area (Å²) in [5.41, 5.74) is 10.7. The molecule has 5 rings (SSSR count). The first-order chi connectivity index (χ1) is 20.0. The van der Waals surface area contributed by atoms with Gasteiger partial charge in [-0.3, -0.25) is 9.59 Å². The van der Waals surface area contributed by atoms with Gasteiger partial charge in [-0.1, -0.05) is 20.8 Å². The summed E-state index contributed by atoms with van der Waals surface area (Å²) < 4.78 is 0. The minimum absolute atomic E-state index is 0.0213. The number of nitrogens with one attached hydrogen (secondary N) is 4. The molecule has 3 aromatic heterocycles. The molecule has 0 amide bonds. The molecule has 2 aliphatic heterocycles. The molecule has 0 aromatic carbocycles. The van der Waals surface area contributed by atoms with E-state index in [1.807, 2.05) is 19.9 Å². The van der Waals surface area contributed by atoms with E-state index in [1.165, 1.54) is 16.7 Å². The van der Waals surface area contributed by atoms with Gasteiger partial charge in [0.2, 0.25) is 0 Å². The number of carbonyl (C=O) groups is 2. The summed E-state index contributed by atoms with van der Waals surface area (Å²) in [5.74, 6) is -1.37. The smallest absolute Gasteiger partial charge is 0.303 e. The van der Waals surface area contributed by atoms with Gasteiger partial charge in [0.05, 0.1) is 6.04 Å². The zero-order valence-corrected chi connectivity index (χ0v) is 25.4. The Hall–Kier alpha value is -4.20. The third-order valence-corrected chi connectivity index (χ3v) is 9.23. The number of carboxylic acids is 2. The number of carboxylic acid groups (broad SMARTS) is 2. The van der Waals surface area contributed by atoms with Crippen LogP contribution in [0.2, 0.25) is 0 Å². The van der Waals surface area contributed by atoms with Crippen molar-refractivity contribution in [1.29, 1.82) is 0 Å². The summed E-state index contributed by atoms with van der Waals surface area (Å²) in [5, 5.41) is 26.7. The van der Waals surface area contributed by atoms with Crippen molar-refractivity contribution in [2.45, 2.75) is 86.1 Å². The zero-order valence-electron chi connectivity index (χ0n) is 25.4. The highest BCUT2D eigenvalue weighted by Gasteiger charge is 2.28. The molecule has 222 valence electrons. The molecule has 0 aliphatic carbocycles. The predicted molar refractivity (Wildman–Crippen MR) is 166 cm³/mol. The average molecular weight is 571 g/mol. The number of hydrogen-bond acceptors (Lipinski definition) is 3. The fraction of sp³-hybridized carbons (Fsp3) is 0.412. The molecule has 0 saturated carbocycles. The van der Waals surface area contributed by atoms with Crippen molar-refractivity contribution in [1.82, 2.24) is 20.3 Å². The second-order valence-corrected chi connectivity index (χ2v) is 11.7. The SMILES string of the molecule is CCC1=C2/C=c3\[nH]/c(c(CCC(=O)O)c3C)=C\c3[nH]c(c(C)c3CCC(=O)O)/C=c3\[nH]/c(c(CC)c3C)=C\[C@H](N2)[C@H]1C. The molecular formula is C34H42N4O4. The molecule has 8 nitrogen and oxygen atoms in total. The van der Waals surface area contributed by atoms with E-state index >= 15 is 0 Å². The van der Waals surface area contributed by atoms with E-state index in [2.05, 4.69) is 66.2 Å². The molecule has 0 unspecified atom stereocenters. The molecule has 3 aromatic rings. The number of aromatic amines is 3. The van der Waals surface area contributed by atoms with Gasteiger partial charge in [0.1, 0.15) is 0 Å². The molecule has 2 atom stereocenters. The normalized spacial score (nSPS) is 20.9.